The van der Waals surface area contributed by atoms with Gasteiger partial charge in [-0.15, -0.1) is 0 Å². The van der Waals surface area contributed by atoms with E-state index in [9.17, 15) is 4.79 Å². The van der Waals surface area contributed by atoms with Crippen molar-refractivity contribution in [3.05, 3.63) is 58.3 Å². The van der Waals surface area contributed by atoms with Crippen LogP contribution >= 0.6 is 0 Å². The summed E-state index contributed by atoms with van der Waals surface area (Å²) in [4.78, 5) is 19.5. The van der Waals surface area contributed by atoms with Gasteiger partial charge in [0.2, 0.25) is 5.78 Å². The predicted molar refractivity (Wildman–Crippen MR) is 94.0 cm³/mol. The van der Waals surface area contributed by atoms with Gasteiger partial charge in [-0.2, -0.15) is 0 Å². The zero-order valence-corrected chi connectivity index (χ0v) is 13.8. The number of rotatable bonds is 7. The lowest BCUT2D eigenvalue weighted by Crippen LogP contribution is -2.11. The van der Waals surface area contributed by atoms with Crippen molar-refractivity contribution in [2.24, 2.45) is 5.73 Å². The summed E-state index contributed by atoms with van der Waals surface area (Å²) in [5, 5.41) is 0. The minimum absolute atomic E-state index is 0.136. The molecule has 0 atom stereocenters. The van der Waals surface area contributed by atoms with Crippen LogP contribution < -0.4 is 11.3 Å². The summed E-state index contributed by atoms with van der Waals surface area (Å²) in [6.45, 7) is 3.89. The Morgan fingerprint density at radius 3 is 2.75 bits per heavy atom. The molecule has 3 N–H and O–H groups in total. The van der Waals surface area contributed by atoms with Crippen LogP contribution in [0, 0.1) is 0 Å². The van der Waals surface area contributed by atoms with Crippen molar-refractivity contribution < 1.29 is 4.74 Å². The van der Waals surface area contributed by atoms with Crippen molar-refractivity contribution in [1.82, 2.24) is 14.4 Å². The molecule has 2 heterocycles. The average molecular weight is 326 g/mol. The molecule has 3 rings (SSSR count). The molecule has 0 unspecified atom stereocenters. The lowest BCUT2D eigenvalue weighted by molar-refractivity contribution is 0.120. The Labute approximate surface area is 140 Å². The first-order chi connectivity index (χ1) is 11.7. The van der Waals surface area contributed by atoms with E-state index in [0.29, 0.717) is 31.1 Å². The van der Waals surface area contributed by atoms with Crippen LogP contribution in [0.15, 0.2) is 41.5 Å². The molecule has 0 aliphatic rings. The predicted octanol–water partition coefficient (Wildman–Crippen LogP) is 2.12. The minimum atomic E-state index is -0.136. The van der Waals surface area contributed by atoms with Gasteiger partial charge in [0.25, 0.3) is 5.56 Å². The smallest absolute Gasteiger partial charge is 0.260 e. The van der Waals surface area contributed by atoms with Gasteiger partial charge >= 0.3 is 0 Å². The summed E-state index contributed by atoms with van der Waals surface area (Å²) in [5.74, 6) is 0.575. The second-order valence-corrected chi connectivity index (χ2v) is 5.71. The highest BCUT2D eigenvalue weighted by atomic mass is 16.5. The lowest BCUT2D eigenvalue weighted by atomic mass is 10.1. The van der Waals surface area contributed by atoms with Crippen LogP contribution in [0.25, 0.3) is 16.9 Å². The second kappa shape index (κ2) is 7.42. The molecule has 1 aromatic carbocycles. The fraction of sp³-hybridized carbons (Fsp3) is 0.333. The number of nitrogens with two attached hydrogens (primary N) is 1. The van der Waals surface area contributed by atoms with Crippen LogP contribution in [0.1, 0.15) is 24.6 Å². The fourth-order valence-electron chi connectivity index (χ4n) is 2.53. The summed E-state index contributed by atoms with van der Waals surface area (Å²) in [5.41, 5.74) is 8.82. The normalized spacial score (nSPS) is 11.2. The molecule has 6 heteroatoms. The highest BCUT2D eigenvalue weighted by Crippen LogP contribution is 2.17. The quantitative estimate of drug-likeness (QED) is 0.651. The standard InChI is InChI=1S/C18H22N4O2/c1-2-15-10-22-11-16(17(23)21-18(22)20-15)14-6-4-13(5-7-14)12-24-9-3-8-19/h4-7,10-11H,2-3,8-9,12,19H2,1H3,(H,20,21,23). The number of nitrogens with zero attached hydrogens (tertiary/aromatic N) is 2. The van der Waals surface area contributed by atoms with Crippen molar-refractivity contribution >= 4 is 5.78 Å². The Balaban J connectivity index is 1.82. The number of benzene rings is 1. The molecule has 24 heavy (non-hydrogen) atoms. The number of nitrogens with one attached hydrogen (secondary N) is 1. The Kier molecular flexibility index (Phi) is 5.08. The van der Waals surface area contributed by atoms with Gasteiger partial charge in [-0.25, -0.2) is 4.98 Å². The summed E-state index contributed by atoms with van der Waals surface area (Å²) < 4.78 is 7.40. The number of ether oxygens (including phenoxy) is 1. The number of aromatic nitrogens is 3. The SMILES string of the molecule is CCc1cn2cc(-c3ccc(COCCCN)cc3)c(=O)[nH]c2n1. The molecule has 0 bridgehead atoms. The summed E-state index contributed by atoms with van der Waals surface area (Å²) in [7, 11) is 0. The molecular formula is C18H22N4O2. The van der Waals surface area contributed by atoms with Crippen LogP contribution in [0.4, 0.5) is 0 Å². The number of aromatic amines is 1. The van der Waals surface area contributed by atoms with Crippen molar-refractivity contribution in [1.29, 1.82) is 0 Å². The monoisotopic (exact) mass is 326 g/mol. The number of aryl methyl sites for hydroxylation is 1. The molecule has 0 amide bonds. The first kappa shape index (κ1) is 16.4. The molecule has 0 saturated heterocycles. The van der Waals surface area contributed by atoms with E-state index >= 15 is 0 Å². The maximum Gasteiger partial charge on any atom is 0.260 e. The summed E-state index contributed by atoms with van der Waals surface area (Å²) >= 11 is 0. The second-order valence-electron chi connectivity index (χ2n) is 5.71. The lowest BCUT2D eigenvalue weighted by Gasteiger charge is -2.06. The Bertz CT molecular complexity index is 865. The van der Waals surface area contributed by atoms with E-state index in [4.69, 9.17) is 10.5 Å². The van der Waals surface area contributed by atoms with Gasteiger partial charge in [-0.1, -0.05) is 31.2 Å². The van der Waals surface area contributed by atoms with Gasteiger partial charge < -0.3 is 10.5 Å². The Hall–Kier alpha value is -2.44. The Morgan fingerprint density at radius 1 is 1.25 bits per heavy atom. The van der Waals surface area contributed by atoms with Gasteiger partial charge in [0, 0.05) is 19.0 Å². The van der Waals surface area contributed by atoms with Crippen LogP contribution in [-0.2, 0) is 17.8 Å². The Morgan fingerprint density at radius 2 is 2.04 bits per heavy atom. The van der Waals surface area contributed by atoms with E-state index < -0.39 is 0 Å². The van der Waals surface area contributed by atoms with Crippen molar-refractivity contribution in [3.63, 3.8) is 0 Å². The maximum atomic E-state index is 12.3. The largest absolute Gasteiger partial charge is 0.377 e. The zero-order valence-electron chi connectivity index (χ0n) is 13.8. The van der Waals surface area contributed by atoms with E-state index in [1.807, 2.05) is 48.0 Å². The topological polar surface area (TPSA) is 85.4 Å². The number of fused-ring (bicyclic) bond motifs is 1. The van der Waals surface area contributed by atoms with E-state index in [0.717, 1.165) is 29.7 Å². The van der Waals surface area contributed by atoms with Crippen molar-refractivity contribution in [3.8, 4) is 11.1 Å². The van der Waals surface area contributed by atoms with Crippen molar-refractivity contribution in [2.75, 3.05) is 13.2 Å². The van der Waals surface area contributed by atoms with Crippen LogP contribution in [0.5, 0.6) is 0 Å². The molecule has 0 aliphatic carbocycles. The molecular weight excluding hydrogens is 304 g/mol. The van der Waals surface area contributed by atoms with Gasteiger partial charge in [0.1, 0.15) is 0 Å². The number of hydrogen-bond acceptors (Lipinski definition) is 4. The molecule has 0 spiro atoms. The number of hydrogen-bond donors (Lipinski definition) is 2. The molecule has 3 aromatic rings. The van der Waals surface area contributed by atoms with Gasteiger partial charge in [-0.3, -0.25) is 14.2 Å². The molecule has 0 fully saturated rings. The van der Waals surface area contributed by atoms with Crippen LogP contribution in [-0.4, -0.2) is 27.5 Å². The van der Waals surface area contributed by atoms with E-state index in [-0.39, 0.29) is 5.56 Å². The highest BCUT2D eigenvalue weighted by Gasteiger charge is 2.08. The summed E-state index contributed by atoms with van der Waals surface area (Å²) in [6.07, 6.45) is 5.46. The number of imidazole rings is 1. The van der Waals surface area contributed by atoms with Crippen LogP contribution in [0.2, 0.25) is 0 Å². The van der Waals surface area contributed by atoms with Gasteiger partial charge in [0.05, 0.1) is 17.9 Å². The first-order valence-electron chi connectivity index (χ1n) is 8.19. The zero-order chi connectivity index (χ0) is 16.9. The molecule has 126 valence electrons. The fourth-order valence-corrected chi connectivity index (χ4v) is 2.53. The summed E-state index contributed by atoms with van der Waals surface area (Å²) in [6, 6.07) is 7.84. The van der Waals surface area contributed by atoms with Gasteiger partial charge in [0.15, 0.2) is 0 Å². The first-order valence-corrected chi connectivity index (χ1v) is 8.19. The molecule has 2 aromatic heterocycles. The van der Waals surface area contributed by atoms with E-state index in [2.05, 4.69) is 9.97 Å². The molecule has 0 radical (unpaired) electrons. The average Bonchev–Trinajstić information content (AvgIpc) is 3.00. The number of H-pyrrole nitrogens is 1. The third-order valence-electron chi connectivity index (χ3n) is 3.91. The van der Waals surface area contributed by atoms with Crippen molar-refractivity contribution in [2.45, 2.75) is 26.4 Å². The minimum Gasteiger partial charge on any atom is -0.377 e. The molecule has 0 aliphatic heterocycles. The van der Waals surface area contributed by atoms with Crippen LogP contribution in [0.3, 0.4) is 0 Å². The molecule has 6 nitrogen and oxygen atoms in total. The van der Waals surface area contributed by atoms with Gasteiger partial charge in [-0.05, 0) is 30.5 Å². The highest BCUT2D eigenvalue weighted by molar-refractivity contribution is 5.62. The maximum absolute atomic E-state index is 12.3. The third kappa shape index (κ3) is 3.55. The van der Waals surface area contributed by atoms with E-state index in [1.54, 1.807) is 0 Å². The third-order valence-corrected chi connectivity index (χ3v) is 3.91. The van der Waals surface area contributed by atoms with E-state index in [1.165, 1.54) is 0 Å². The molecule has 0 saturated carbocycles.